The van der Waals surface area contributed by atoms with Crippen molar-refractivity contribution in [3.05, 3.63) is 34.6 Å². The van der Waals surface area contributed by atoms with Gasteiger partial charge in [-0.15, -0.1) is 12.4 Å². The Bertz CT molecular complexity index is 451. The van der Waals surface area contributed by atoms with Crippen molar-refractivity contribution in [1.82, 2.24) is 10.6 Å². The van der Waals surface area contributed by atoms with Crippen LogP contribution >= 0.6 is 24.0 Å². The van der Waals surface area contributed by atoms with E-state index in [-0.39, 0.29) is 18.0 Å². The van der Waals surface area contributed by atoms with Gasteiger partial charge in [-0.2, -0.15) is 0 Å². The summed E-state index contributed by atoms with van der Waals surface area (Å²) in [5, 5.41) is 6.44. The molecule has 1 fully saturated rings. The molecule has 1 aromatic carbocycles. The molecule has 0 aromatic heterocycles. The first-order valence-corrected chi connectivity index (χ1v) is 6.98. The molecule has 1 amide bonds. The number of hydrogen-bond acceptors (Lipinski definition) is 2. The number of amides is 1. The lowest BCUT2D eigenvalue weighted by atomic mass is 9.96. The zero-order valence-corrected chi connectivity index (χ0v) is 12.7. The largest absolute Gasteiger partial charge is 0.352 e. The number of piperidine rings is 1. The maximum atomic E-state index is 13.5. The summed E-state index contributed by atoms with van der Waals surface area (Å²) >= 11 is 5.76. The van der Waals surface area contributed by atoms with Crippen LogP contribution in [0, 0.1) is 11.7 Å². The lowest BCUT2D eigenvalue weighted by Crippen LogP contribution is -2.33. The Labute approximate surface area is 129 Å². The molecule has 1 saturated heterocycles. The Balaban J connectivity index is 0.00000200. The van der Waals surface area contributed by atoms with Gasteiger partial charge in [-0.1, -0.05) is 11.6 Å². The van der Waals surface area contributed by atoms with Gasteiger partial charge in [0.2, 0.25) is 0 Å². The number of nitrogens with one attached hydrogen (secondary N) is 2. The normalized spacial score (nSPS) is 18.2. The molecular formula is C14H19Cl2FN2O. The van der Waals surface area contributed by atoms with E-state index in [1.54, 1.807) is 0 Å². The Hall–Kier alpha value is -0.840. The number of carbonyl (C=O) groups is 1. The fourth-order valence-electron chi connectivity index (χ4n) is 2.33. The van der Waals surface area contributed by atoms with Gasteiger partial charge in [-0.05, 0) is 56.5 Å². The summed E-state index contributed by atoms with van der Waals surface area (Å²) in [5.74, 6) is -0.344. The first-order chi connectivity index (χ1) is 9.16. The van der Waals surface area contributed by atoms with E-state index >= 15 is 0 Å². The van der Waals surface area contributed by atoms with E-state index < -0.39 is 11.7 Å². The minimum Gasteiger partial charge on any atom is -0.352 e. The number of rotatable bonds is 4. The summed E-state index contributed by atoms with van der Waals surface area (Å²) < 4.78 is 13.5. The van der Waals surface area contributed by atoms with E-state index in [9.17, 15) is 9.18 Å². The molecule has 20 heavy (non-hydrogen) atoms. The van der Waals surface area contributed by atoms with Crippen molar-refractivity contribution in [2.45, 2.75) is 19.3 Å². The maximum Gasteiger partial charge on any atom is 0.254 e. The maximum absolute atomic E-state index is 13.5. The average Bonchev–Trinajstić information content (AvgIpc) is 2.42. The van der Waals surface area contributed by atoms with Crippen LogP contribution in [0.3, 0.4) is 0 Å². The van der Waals surface area contributed by atoms with Gasteiger partial charge in [-0.3, -0.25) is 4.79 Å². The van der Waals surface area contributed by atoms with Crippen LogP contribution in [0.5, 0.6) is 0 Å². The molecule has 112 valence electrons. The van der Waals surface area contributed by atoms with Gasteiger partial charge in [0, 0.05) is 11.6 Å². The second-order valence-electron chi connectivity index (χ2n) is 4.88. The summed E-state index contributed by atoms with van der Waals surface area (Å²) in [7, 11) is 0. The van der Waals surface area contributed by atoms with Gasteiger partial charge in [-0.25, -0.2) is 4.39 Å². The molecule has 0 spiro atoms. The molecular weight excluding hydrogens is 302 g/mol. The van der Waals surface area contributed by atoms with Crippen LogP contribution in [-0.4, -0.2) is 25.5 Å². The molecule has 2 N–H and O–H groups in total. The SMILES string of the molecule is Cl.O=C(NCCC1CCCNC1)c1cc(Cl)ccc1F. The quantitative estimate of drug-likeness (QED) is 0.895. The smallest absolute Gasteiger partial charge is 0.254 e. The highest BCUT2D eigenvalue weighted by Gasteiger charge is 2.15. The first kappa shape index (κ1) is 17.2. The number of benzene rings is 1. The van der Waals surface area contributed by atoms with E-state index in [1.165, 1.54) is 31.0 Å². The number of carbonyl (C=O) groups excluding carboxylic acids is 1. The molecule has 0 saturated carbocycles. The van der Waals surface area contributed by atoms with Crippen molar-refractivity contribution in [1.29, 1.82) is 0 Å². The van der Waals surface area contributed by atoms with Gasteiger partial charge in [0.05, 0.1) is 5.56 Å². The fourth-order valence-corrected chi connectivity index (χ4v) is 2.50. The predicted octanol–water partition coefficient (Wildman–Crippen LogP) is 3.02. The van der Waals surface area contributed by atoms with Gasteiger partial charge in [0.1, 0.15) is 5.82 Å². The molecule has 1 atom stereocenters. The lowest BCUT2D eigenvalue weighted by molar-refractivity contribution is 0.0946. The summed E-state index contributed by atoms with van der Waals surface area (Å²) in [5.41, 5.74) is 0.00858. The lowest BCUT2D eigenvalue weighted by Gasteiger charge is -2.22. The molecule has 1 heterocycles. The van der Waals surface area contributed by atoms with Crippen molar-refractivity contribution < 1.29 is 9.18 Å². The molecule has 3 nitrogen and oxygen atoms in total. The fraction of sp³-hybridized carbons (Fsp3) is 0.500. The summed E-state index contributed by atoms with van der Waals surface area (Å²) in [6.07, 6.45) is 3.29. The zero-order valence-electron chi connectivity index (χ0n) is 11.1. The van der Waals surface area contributed by atoms with E-state index in [0.29, 0.717) is 17.5 Å². The molecule has 1 aromatic rings. The van der Waals surface area contributed by atoms with E-state index in [2.05, 4.69) is 10.6 Å². The van der Waals surface area contributed by atoms with Gasteiger partial charge in [0.25, 0.3) is 5.91 Å². The molecule has 1 aliphatic rings. The van der Waals surface area contributed by atoms with Crippen molar-refractivity contribution in [3.63, 3.8) is 0 Å². The molecule has 1 unspecified atom stereocenters. The van der Waals surface area contributed by atoms with Gasteiger partial charge >= 0.3 is 0 Å². The Morgan fingerprint density at radius 1 is 1.50 bits per heavy atom. The van der Waals surface area contributed by atoms with E-state index in [1.807, 2.05) is 0 Å². The first-order valence-electron chi connectivity index (χ1n) is 6.61. The third-order valence-corrected chi connectivity index (χ3v) is 3.65. The highest BCUT2D eigenvalue weighted by molar-refractivity contribution is 6.30. The third kappa shape index (κ3) is 4.93. The zero-order chi connectivity index (χ0) is 13.7. The molecule has 0 radical (unpaired) electrons. The van der Waals surface area contributed by atoms with Crippen molar-refractivity contribution in [2.75, 3.05) is 19.6 Å². The van der Waals surface area contributed by atoms with Crippen molar-refractivity contribution >= 4 is 29.9 Å². The molecule has 1 aliphatic heterocycles. The van der Waals surface area contributed by atoms with E-state index in [0.717, 1.165) is 19.5 Å². The van der Waals surface area contributed by atoms with Crippen LogP contribution in [0.2, 0.25) is 5.02 Å². The summed E-state index contributed by atoms with van der Waals surface area (Å²) in [6.45, 7) is 2.65. The Morgan fingerprint density at radius 3 is 3.00 bits per heavy atom. The number of halogens is 3. The van der Waals surface area contributed by atoms with Gasteiger partial charge in [0.15, 0.2) is 0 Å². The van der Waals surface area contributed by atoms with Crippen LogP contribution in [0.25, 0.3) is 0 Å². The average molecular weight is 321 g/mol. The Kier molecular flexibility index (Phi) is 7.27. The molecule has 2 rings (SSSR count). The Morgan fingerprint density at radius 2 is 2.30 bits per heavy atom. The minimum atomic E-state index is -0.541. The molecule has 6 heteroatoms. The third-order valence-electron chi connectivity index (χ3n) is 3.41. The molecule has 0 aliphatic carbocycles. The summed E-state index contributed by atoms with van der Waals surface area (Å²) in [4.78, 5) is 11.8. The van der Waals surface area contributed by atoms with Crippen LogP contribution in [0.4, 0.5) is 4.39 Å². The number of hydrogen-bond donors (Lipinski definition) is 2. The predicted molar refractivity (Wildman–Crippen MR) is 81.2 cm³/mol. The monoisotopic (exact) mass is 320 g/mol. The van der Waals surface area contributed by atoms with Crippen molar-refractivity contribution in [2.24, 2.45) is 5.92 Å². The highest BCUT2D eigenvalue weighted by Crippen LogP contribution is 2.15. The van der Waals surface area contributed by atoms with Crippen molar-refractivity contribution in [3.8, 4) is 0 Å². The topological polar surface area (TPSA) is 41.1 Å². The van der Waals surface area contributed by atoms with Crippen LogP contribution in [0.1, 0.15) is 29.6 Å². The second kappa shape index (κ2) is 8.45. The second-order valence-corrected chi connectivity index (χ2v) is 5.32. The van der Waals surface area contributed by atoms with E-state index in [4.69, 9.17) is 11.6 Å². The van der Waals surface area contributed by atoms with Crippen LogP contribution in [0.15, 0.2) is 18.2 Å². The summed E-state index contributed by atoms with van der Waals surface area (Å²) in [6, 6.07) is 4.00. The minimum absolute atomic E-state index is 0. The van der Waals surface area contributed by atoms with Gasteiger partial charge < -0.3 is 10.6 Å². The van der Waals surface area contributed by atoms with Crippen LogP contribution in [-0.2, 0) is 0 Å². The standard InChI is InChI=1S/C14H18ClFN2O.ClH/c15-11-3-4-13(16)12(8-11)14(19)18-7-5-10-2-1-6-17-9-10;/h3-4,8,10,17H,1-2,5-7,9H2,(H,18,19);1H. The molecule has 0 bridgehead atoms. The van der Waals surface area contributed by atoms with Crippen LogP contribution < -0.4 is 10.6 Å². The highest BCUT2D eigenvalue weighted by atomic mass is 35.5.